The molecule has 0 bridgehead atoms. The molecular weight excluding hydrogens is 280 g/mol. The molecule has 0 spiro atoms. The standard InChI is InChI=1S/C13H16N2O2S2/c14-9-3-4-11-12(8-9)18-13(15-11)19(16)7-5-10-2-1-6-17-10/h3-4,8,10H,1-2,5-7,14H2. The number of aromatic nitrogens is 1. The predicted molar refractivity (Wildman–Crippen MR) is 78.9 cm³/mol. The lowest BCUT2D eigenvalue weighted by Crippen LogP contribution is -2.10. The van der Waals surface area contributed by atoms with Crippen molar-refractivity contribution >= 4 is 38.0 Å². The van der Waals surface area contributed by atoms with Gasteiger partial charge in [0.1, 0.15) is 0 Å². The monoisotopic (exact) mass is 296 g/mol. The van der Waals surface area contributed by atoms with Crippen LogP contribution in [0.25, 0.3) is 10.2 Å². The van der Waals surface area contributed by atoms with E-state index in [-0.39, 0.29) is 6.10 Å². The van der Waals surface area contributed by atoms with E-state index < -0.39 is 10.8 Å². The maximum absolute atomic E-state index is 12.2. The van der Waals surface area contributed by atoms with Crippen LogP contribution < -0.4 is 5.73 Å². The molecule has 2 heterocycles. The highest BCUT2D eigenvalue weighted by molar-refractivity contribution is 7.87. The molecule has 2 N–H and O–H groups in total. The fraction of sp³-hybridized carbons (Fsp3) is 0.462. The summed E-state index contributed by atoms with van der Waals surface area (Å²) in [5.74, 6) is 0.625. The fourth-order valence-corrected chi connectivity index (χ4v) is 4.70. The molecule has 4 nitrogen and oxygen atoms in total. The summed E-state index contributed by atoms with van der Waals surface area (Å²) in [7, 11) is -1.03. The zero-order valence-electron chi connectivity index (χ0n) is 10.5. The average molecular weight is 296 g/mol. The summed E-state index contributed by atoms with van der Waals surface area (Å²) in [4.78, 5) is 4.42. The van der Waals surface area contributed by atoms with Gasteiger partial charge in [0.05, 0.1) is 27.1 Å². The largest absolute Gasteiger partial charge is 0.399 e. The number of benzene rings is 1. The van der Waals surface area contributed by atoms with E-state index in [1.54, 1.807) is 0 Å². The van der Waals surface area contributed by atoms with Crippen LogP contribution in [0.2, 0.25) is 0 Å². The van der Waals surface area contributed by atoms with Gasteiger partial charge < -0.3 is 10.5 Å². The van der Waals surface area contributed by atoms with E-state index in [1.165, 1.54) is 11.3 Å². The molecule has 0 aliphatic carbocycles. The maximum Gasteiger partial charge on any atom is 0.181 e. The van der Waals surface area contributed by atoms with Crippen LogP contribution >= 0.6 is 11.3 Å². The Kier molecular flexibility index (Phi) is 3.81. The Morgan fingerprint density at radius 3 is 3.21 bits per heavy atom. The van der Waals surface area contributed by atoms with Crippen molar-refractivity contribution in [2.24, 2.45) is 0 Å². The summed E-state index contributed by atoms with van der Waals surface area (Å²) < 4.78 is 19.5. The number of fused-ring (bicyclic) bond motifs is 1. The molecule has 2 unspecified atom stereocenters. The summed E-state index contributed by atoms with van der Waals surface area (Å²) in [6.07, 6.45) is 3.35. The number of thiazole rings is 1. The minimum absolute atomic E-state index is 0.286. The van der Waals surface area contributed by atoms with E-state index in [4.69, 9.17) is 10.5 Å². The van der Waals surface area contributed by atoms with Crippen molar-refractivity contribution < 1.29 is 8.95 Å². The third-order valence-corrected chi connectivity index (χ3v) is 5.94. The quantitative estimate of drug-likeness (QED) is 0.881. The highest BCUT2D eigenvalue weighted by Gasteiger charge is 2.18. The summed E-state index contributed by atoms with van der Waals surface area (Å²) in [5.41, 5.74) is 7.33. The van der Waals surface area contributed by atoms with Crippen molar-refractivity contribution in [2.75, 3.05) is 18.1 Å². The predicted octanol–water partition coefficient (Wildman–Crippen LogP) is 2.56. The van der Waals surface area contributed by atoms with E-state index in [9.17, 15) is 4.21 Å². The van der Waals surface area contributed by atoms with Crippen molar-refractivity contribution in [3.63, 3.8) is 0 Å². The van der Waals surface area contributed by atoms with Crippen molar-refractivity contribution in [3.05, 3.63) is 18.2 Å². The normalized spacial score (nSPS) is 20.9. The number of ether oxygens (including phenoxy) is 1. The van der Waals surface area contributed by atoms with E-state index in [1.807, 2.05) is 18.2 Å². The maximum atomic E-state index is 12.2. The van der Waals surface area contributed by atoms with Gasteiger partial charge in [-0.15, -0.1) is 11.3 Å². The van der Waals surface area contributed by atoms with E-state index >= 15 is 0 Å². The minimum atomic E-state index is -1.03. The summed E-state index contributed by atoms with van der Waals surface area (Å²) in [6, 6.07) is 5.58. The summed E-state index contributed by atoms with van der Waals surface area (Å²) in [5, 5.41) is 0. The Bertz CT molecular complexity index is 606. The molecule has 0 amide bonds. The number of nitrogen functional groups attached to an aromatic ring is 1. The third kappa shape index (κ3) is 2.96. The molecule has 2 atom stereocenters. The molecule has 3 rings (SSSR count). The van der Waals surface area contributed by atoms with Gasteiger partial charge in [-0.1, -0.05) is 0 Å². The zero-order valence-corrected chi connectivity index (χ0v) is 12.1. The Labute approximate surface area is 118 Å². The van der Waals surface area contributed by atoms with Gasteiger partial charge in [-0.25, -0.2) is 4.98 Å². The van der Waals surface area contributed by atoms with Gasteiger partial charge in [0, 0.05) is 18.0 Å². The van der Waals surface area contributed by atoms with Crippen molar-refractivity contribution in [2.45, 2.75) is 29.7 Å². The highest BCUT2D eigenvalue weighted by Crippen LogP contribution is 2.27. The van der Waals surface area contributed by atoms with Crippen LogP contribution in [-0.2, 0) is 15.5 Å². The lowest BCUT2D eigenvalue weighted by molar-refractivity contribution is 0.109. The smallest absolute Gasteiger partial charge is 0.181 e. The first-order valence-corrected chi connectivity index (χ1v) is 8.52. The zero-order chi connectivity index (χ0) is 13.2. The second-order valence-electron chi connectivity index (χ2n) is 4.68. The number of nitrogens with two attached hydrogens (primary N) is 1. The molecule has 0 saturated carbocycles. The third-order valence-electron chi connectivity index (χ3n) is 3.24. The SMILES string of the molecule is Nc1ccc2nc(S(=O)CCC3CCCO3)sc2c1. The average Bonchev–Trinajstić information content (AvgIpc) is 3.04. The van der Waals surface area contributed by atoms with Crippen LogP contribution in [0.15, 0.2) is 22.5 Å². The van der Waals surface area contributed by atoms with Crippen LogP contribution in [0.4, 0.5) is 5.69 Å². The molecule has 6 heteroatoms. The first kappa shape index (κ1) is 13.0. The number of rotatable bonds is 4. The second kappa shape index (κ2) is 5.56. The molecule has 102 valence electrons. The Balaban J connectivity index is 1.70. The topological polar surface area (TPSA) is 65.2 Å². The van der Waals surface area contributed by atoms with Gasteiger partial charge >= 0.3 is 0 Å². The van der Waals surface area contributed by atoms with Gasteiger partial charge in [0.15, 0.2) is 4.34 Å². The van der Waals surface area contributed by atoms with Crippen LogP contribution in [-0.4, -0.2) is 27.7 Å². The van der Waals surface area contributed by atoms with Gasteiger partial charge in [-0.3, -0.25) is 4.21 Å². The lowest BCUT2D eigenvalue weighted by Gasteiger charge is -2.06. The molecule has 19 heavy (non-hydrogen) atoms. The molecule has 2 aromatic rings. The van der Waals surface area contributed by atoms with Gasteiger partial charge in [-0.2, -0.15) is 0 Å². The number of anilines is 1. The van der Waals surface area contributed by atoms with Gasteiger partial charge in [0.25, 0.3) is 0 Å². The van der Waals surface area contributed by atoms with Crippen molar-refractivity contribution in [3.8, 4) is 0 Å². The van der Waals surface area contributed by atoms with Gasteiger partial charge in [0.2, 0.25) is 0 Å². The first-order valence-electron chi connectivity index (χ1n) is 6.38. The van der Waals surface area contributed by atoms with E-state index in [0.717, 1.165) is 36.1 Å². The number of hydrogen-bond donors (Lipinski definition) is 1. The van der Waals surface area contributed by atoms with E-state index in [2.05, 4.69) is 4.98 Å². The van der Waals surface area contributed by atoms with Crippen LogP contribution in [0.3, 0.4) is 0 Å². The number of nitrogens with zero attached hydrogens (tertiary/aromatic N) is 1. The van der Waals surface area contributed by atoms with Crippen molar-refractivity contribution in [1.29, 1.82) is 0 Å². The number of hydrogen-bond acceptors (Lipinski definition) is 5. The lowest BCUT2D eigenvalue weighted by atomic mass is 10.2. The molecule has 1 aromatic carbocycles. The molecule has 0 radical (unpaired) electrons. The molecule has 1 fully saturated rings. The van der Waals surface area contributed by atoms with E-state index in [0.29, 0.717) is 15.8 Å². The van der Waals surface area contributed by atoms with Gasteiger partial charge in [-0.05, 0) is 37.5 Å². The molecule has 1 saturated heterocycles. The molecule has 1 aliphatic rings. The summed E-state index contributed by atoms with van der Waals surface area (Å²) in [6.45, 7) is 0.845. The van der Waals surface area contributed by atoms with Crippen LogP contribution in [0.1, 0.15) is 19.3 Å². The van der Waals surface area contributed by atoms with Crippen molar-refractivity contribution in [1.82, 2.24) is 4.98 Å². The minimum Gasteiger partial charge on any atom is -0.399 e. The highest BCUT2D eigenvalue weighted by atomic mass is 32.2. The summed E-state index contributed by atoms with van der Waals surface area (Å²) >= 11 is 1.47. The Hall–Kier alpha value is -0.980. The fourth-order valence-electron chi connectivity index (χ4n) is 2.22. The van der Waals surface area contributed by atoms with Crippen LogP contribution in [0.5, 0.6) is 0 Å². The molecule has 1 aromatic heterocycles. The Morgan fingerprint density at radius 2 is 2.42 bits per heavy atom. The molecular formula is C13H16N2O2S2. The van der Waals surface area contributed by atoms with Crippen LogP contribution in [0, 0.1) is 0 Å². The second-order valence-corrected chi connectivity index (χ2v) is 7.46. The Morgan fingerprint density at radius 1 is 1.53 bits per heavy atom. The first-order chi connectivity index (χ1) is 9.22. The molecule has 1 aliphatic heterocycles.